The molecule has 1 heterocycles. The predicted molar refractivity (Wildman–Crippen MR) is 54.4 cm³/mol. The van der Waals surface area contributed by atoms with E-state index in [0.29, 0.717) is 5.69 Å². The summed E-state index contributed by atoms with van der Waals surface area (Å²) in [7, 11) is 0. The van der Waals surface area contributed by atoms with Gasteiger partial charge < -0.3 is 4.98 Å². The molecule has 1 aromatic heterocycles. The molecule has 4 heteroatoms. The molecule has 0 aromatic carbocycles. The maximum Gasteiger partial charge on any atom is 0.178 e. The van der Waals surface area contributed by atoms with Crippen molar-refractivity contribution in [1.29, 1.82) is 0 Å². The summed E-state index contributed by atoms with van der Waals surface area (Å²) in [5.41, 5.74) is 0.649. The van der Waals surface area contributed by atoms with Crippen molar-refractivity contribution in [3.63, 3.8) is 0 Å². The van der Waals surface area contributed by atoms with Gasteiger partial charge in [-0.15, -0.1) is 11.8 Å². The van der Waals surface area contributed by atoms with Crippen LogP contribution < -0.4 is 0 Å². The number of aromatic nitrogens is 2. The van der Waals surface area contributed by atoms with Crippen molar-refractivity contribution >= 4 is 17.5 Å². The number of hydrogen-bond acceptors (Lipinski definition) is 3. The van der Waals surface area contributed by atoms with Gasteiger partial charge in [-0.05, 0) is 12.7 Å². The maximum absolute atomic E-state index is 11.2. The molecule has 0 atom stereocenters. The van der Waals surface area contributed by atoms with Crippen molar-refractivity contribution in [3.05, 3.63) is 11.5 Å². The second-order valence-electron chi connectivity index (χ2n) is 2.87. The minimum atomic E-state index is 0.0548. The van der Waals surface area contributed by atoms with E-state index in [1.165, 1.54) is 11.8 Å². The summed E-state index contributed by atoms with van der Waals surface area (Å²) in [4.78, 5) is 18.5. The second kappa shape index (κ2) is 4.46. The molecular weight excluding hydrogens is 184 g/mol. The van der Waals surface area contributed by atoms with Crippen LogP contribution in [0.3, 0.4) is 0 Å². The number of carbonyl (C=O) groups is 1. The minimum Gasteiger partial charge on any atom is -0.339 e. The second-order valence-corrected chi connectivity index (χ2v) is 3.67. The van der Waals surface area contributed by atoms with Crippen LogP contribution in [0.5, 0.6) is 0 Å². The molecule has 0 radical (unpaired) electrons. The quantitative estimate of drug-likeness (QED) is 0.596. The van der Waals surface area contributed by atoms with E-state index in [9.17, 15) is 4.79 Å². The highest BCUT2D eigenvalue weighted by Gasteiger charge is 2.12. The summed E-state index contributed by atoms with van der Waals surface area (Å²) in [6.45, 7) is 3.65. The van der Waals surface area contributed by atoms with Crippen LogP contribution in [0.25, 0.3) is 0 Å². The number of nitrogens with one attached hydrogen (secondary N) is 1. The first-order valence-electron chi connectivity index (χ1n) is 4.32. The molecule has 0 fully saturated rings. The van der Waals surface area contributed by atoms with Crippen LogP contribution in [0, 0.1) is 0 Å². The summed E-state index contributed by atoms with van der Waals surface area (Å²) >= 11 is 1.51. The highest BCUT2D eigenvalue weighted by Crippen LogP contribution is 2.18. The number of aryl methyl sites for hydroxylation is 1. The fourth-order valence-corrected chi connectivity index (χ4v) is 1.75. The lowest BCUT2D eigenvalue weighted by Gasteiger charge is -1.91. The van der Waals surface area contributed by atoms with Crippen LogP contribution in [-0.4, -0.2) is 22.0 Å². The lowest BCUT2D eigenvalue weighted by atomic mass is 10.3. The number of nitrogens with zero attached hydrogens (tertiary/aromatic N) is 1. The Morgan fingerprint density at radius 3 is 2.69 bits per heavy atom. The lowest BCUT2D eigenvalue weighted by molar-refractivity contribution is 0.101. The van der Waals surface area contributed by atoms with Gasteiger partial charge in [-0.1, -0.05) is 6.92 Å². The number of carbonyl (C=O) groups excluding carboxylic acids is 1. The van der Waals surface area contributed by atoms with Crippen LogP contribution in [0.1, 0.15) is 36.6 Å². The molecule has 0 unspecified atom stereocenters. The highest BCUT2D eigenvalue weighted by atomic mass is 32.2. The number of H-pyrrole nitrogens is 1. The van der Waals surface area contributed by atoms with Crippen molar-refractivity contribution in [2.24, 2.45) is 0 Å². The van der Waals surface area contributed by atoms with Crippen LogP contribution in [0.15, 0.2) is 5.03 Å². The zero-order chi connectivity index (χ0) is 9.84. The average Bonchev–Trinajstić information content (AvgIpc) is 2.48. The number of Topliss-reactive ketones (excluding diaryl/α,β-unsaturated/α-hetero) is 1. The van der Waals surface area contributed by atoms with Crippen LogP contribution in [0.4, 0.5) is 0 Å². The molecule has 1 aromatic rings. The number of hydrogen-bond donors (Lipinski definition) is 1. The van der Waals surface area contributed by atoms with Gasteiger partial charge in [0, 0.05) is 13.3 Å². The van der Waals surface area contributed by atoms with Crippen molar-refractivity contribution in [1.82, 2.24) is 9.97 Å². The van der Waals surface area contributed by atoms with Crippen LogP contribution in [-0.2, 0) is 6.42 Å². The summed E-state index contributed by atoms with van der Waals surface area (Å²) in [6.07, 6.45) is 3.87. The zero-order valence-corrected chi connectivity index (χ0v) is 8.99. The topological polar surface area (TPSA) is 45.8 Å². The first-order chi connectivity index (χ1) is 6.19. The third-order valence-electron chi connectivity index (χ3n) is 1.75. The van der Waals surface area contributed by atoms with Crippen molar-refractivity contribution in [3.8, 4) is 0 Å². The van der Waals surface area contributed by atoms with E-state index in [1.54, 1.807) is 6.92 Å². The minimum absolute atomic E-state index is 0.0548. The Hall–Kier alpha value is -0.770. The monoisotopic (exact) mass is 198 g/mol. The van der Waals surface area contributed by atoms with Crippen LogP contribution >= 0.6 is 11.8 Å². The molecule has 0 amide bonds. The van der Waals surface area contributed by atoms with E-state index in [1.807, 2.05) is 6.26 Å². The molecule has 0 saturated heterocycles. The average molecular weight is 198 g/mol. The number of imidazole rings is 1. The third-order valence-corrected chi connectivity index (χ3v) is 2.43. The smallest absolute Gasteiger partial charge is 0.178 e. The Balaban J connectivity index is 2.97. The standard InChI is InChI=1S/C9H14N2OS/c1-4-5-7-10-8(6(2)12)9(11-7)13-3/h4-5H2,1-3H3,(H,10,11). The van der Waals surface area contributed by atoms with Gasteiger partial charge in [0.25, 0.3) is 0 Å². The Kier molecular flexibility index (Phi) is 3.54. The fraction of sp³-hybridized carbons (Fsp3) is 0.556. The lowest BCUT2D eigenvalue weighted by Crippen LogP contribution is -1.94. The Bertz CT molecular complexity index is 307. The molecule has 1 N–H and O–H groups in total. The number of rotatable bonds is 4. The zero-order valence-electron chi connectivity index (χ0n) is 8.18. The van der Waals surface area contributed by atoms with E-state index in [2.05, 4.69) is 16.9 Å². The molecule has 0 aliphatic heterocycles. The normalized spacial score (nSPS) is 10.4. The van der Waals surface area contributed by atoms with E-state index < -0.39 is 0 Å². The molecule has 13 heavy (non-hydrogen) atoms. The summed E-state index contributed by atoms with van der Waals surface area (Å²) in [5.74, 6) is 0.969. The molecule has 1 rings (SSSR count). The van der Waals surface area contributed by atoms with Crippen molar-refractivity contribution in [2.45, 2.75) is 31.7 Å². The maximum atomic E-state index is 11.2. The third kappa shape index (κ3) is 2.34. The van der Waals surface area contributed by atoms with Gasteiger partial charge in [-0.3, -0.25) is 4.79 Å². The van der Waals surface area contributed by atoms with E-state index in [4.69, 9.17) is 0 Å². The Morgan fingerprint density at radius 2 is 2.31 bits per heavy atom. The SMILES string of the molecule is CCCc1nc(SC)c(C(C)=O)[nH]1. The number of ketones is 1. The highest BCUT2D eigenvalue weighted by molar-refractivity contribution is 7.98. The molecule has 0 aliphatic rings. The van der Waals surface area contributed by atoms with Gasteiger partial charge in [0.05, 0.1) is 0 Å². The van der Waals surface area contributed by atoms with Crippen molar-refractivity contribution < 1.29 is 4.79 Å². The van der Waals surface area contributed by atoms with Gasteiger partial charge >= 0.3 is 0 Å². The van der Waals surface area contributed by atoms with Crippen LogP contribution in [0.2, 0.25) is 0 Å². The van der Waals surface area contributed by atoms with E-state index in [0.717, 1.165) is 23.7 Å². The molecular formula is C9H14N2OS. The molecule has 0 spiro atoms. The molecule has 72 valence electrons. The fourth-order valence-electron chi connectivity index (χ4n) is 1.15. The molecule has 3 nitrogen and oxygen atoms in total. The van der Waals surface area contributed by atoms with Gasteiger partial charge in [0.15, 0.2) is 5.78 Å². The molecule has 0 aliphatic carbocycles. The van der Waals surface area contributed by atoms with E-state index >= 15 is 0 Å². The van der Waals surface area contributed by atoms with Gasteiger partial charge in [-0.25, -0.2) is 4.98 Å². The largest absolute Gasteiger partial charge is 0.339 e. The van der Waals surface area contributed by atoms with Crippen molar-refractivity contribution in [2.75, 3.05) is 6.26 Å². The Morgan fingerprint density at radius 1 is 1.62 bits per heavy atom. The van der Waals surface area contributed by atoms with Gasteiger partial charge in [0.2, 0.25) is 0 Å². The molecule has 0 bridgehead atoms. The number of aromatic amines is 1. The van der Waals surface area contributed by atoms with E-state index in [-0.39, 0.29) is 5.78 Å². The predicted octanol–water partition coefficient (Wildman–Crippen LogP) is 2.29. The summed E-state index contributed by atoms with van der Waals surface area (Å²) in [6, 6.07) is 0. The molecule has 0 saturated carbocycles. The summed E-state index contributed by atoms with van der Waals surface area (Å²) < 4.78 is 0. The Labute approximate surface area is 82.3 Å². The summed E-state index contributed by atoms with van der Waals surface area (Å²) in [5, 5.41) is 0.816. The van der Waals surface area contributed by atoms with Gasteiger partial charge in [-0.2, -0.15) is 0 Å². The first-order valence-corrected chi connectivity index (χ1v) is 5.55. The first kappa shape index (κ1) is 10.3. The van der Waals surface area contributed by atoms with Gasteiger partial charge in [0.1, 0.15) is 16.5 Å². The number of thioether (sulfide) groups is 1.